The second-order valence-corrected chi connectivity index (χ2v) is 7.13. The van der Waals surface area contributed by atoms with E-state index in [-0.39, 0.29) is 36.1 Å². The van der Waals surface area contributed by atoms with Gasteiger partial charge in [-0.05, 0) is 31.4 Å². The molecule has 0 bridgehead atoms. The summed E-state index contributed by atoms with van der Waals surface area (Å²) in [5, 5.41) is 16.5. The molecule has 2 heterocycles. The summed E-state index contributed by atoms with van der Waals surface area (Å²) in [6, 6.07) is 3.66. The molecule has 1 atom stereocenters. The van der Waals surface area contributed by atoms with Gasteiger partial charge >= 0.3 is 6.09 Å². The fraction of sp³-hybridized carbons (Fsp3) is 0.389. The summed E-state index contributed by atoms with van der Waals surface area (Å²) in [6.07, 6.45) is 0.216. The van der Waals surface area contributed by atoms with Gasteiger partial charge in [0.15, 0.2) is 0 Å². The zero-order valence-electron chi connectivity index (χ0n) is 14.7. The van der Waals surface area contributed by atoms with Crippen molar-refractivity contribution in [1.82, 2.24) is 15.5 Å². The lowest BCUT2D eigenvalue weighted by atomic mass is 9.86. The van der Waals surface area contributed by atoms with Gasteiger partial charge in [-0.2, -0.15) is 0 Å². The van der Waals surface area contributed by atoms with Crippen molar-refractivity contribution >= 4 is 35.4 Å². The molecule has 2 fully saturated rings. The smallest absolute Gasteiger partial charge is 0.404 e. The molecule has 2 aliphatic heterocycles. The standard InChI is InChI=1S/C18H18N4O6/c23-13-5-4-12(15(24)21-13)22-16(25)10-2-1-3-11(14(10)17(22)26)19-8-6-9(7-8)20-18(27)28/h1-3,8-9,12,19-20H,4-7H2,(H,27,28)(H,21,23,24). The molecule has 0 aromatic heterocycles. The van der Waals surface area contributed by atoms with Crippen LogP contribution in [0.5, 0.6) is 0 Å². The van der Waals surface area contributed by atoms with E-state index < -0.39 is 35.8 Å². The highest BCUT2D eigenvalue weighted by atomic mass is 16.4. The van der Waals surface area contributed by atoms with Gasteiger partial charge in [-0.25, -0.2) is 4.79 Å². The van der Waals surface area contributed by atoms with Gasteiger partial charge in [-0.15, -0.1) is 0 Å². The molecule has 1 aromatic carbocycles. The average Bonchev–Trinajstić information content (AvgIpc) is 2.85. The molecule has 0 radical (unpaired) electrons. The molecule has 4 rings (SSSR count). The highest BCUT2D eigenvalue weighted by Gasteiger charge is 2.46. The van der Waals surface area contributed by atoms with Crippen LogP contribution in [0.3, 0.4) is 0 Å². The van der Waals surface area contributed by atoms with Crippen LogP contribution >= 0.6 is 0 Å². The second kappa shape index (κ2) is 6.63. The van der Waals surface area contributed by atoms with E-state index in [9.17, 15) is 24.0 Å². The van der Waals surface area contributed by atoms with Crippen LogP contribution in [0.15, 0.2) is 18.2 Å². The number of nitrogens with zero attached hydrogens (tertiary/aromatic N) is 1. The Morgan fingerprint density at radius 3 is 2.54 bits per heavy atom. The molecule has 5 amide bonds. The maximum atomic E-state index is 13.0. The predicted octanol–water partition coefficient (Wildman–Crippen LogP) is 0.298. The molecule has 10 nitrogen and oxygen atoms in total. The lowest BCUT2D eigenvalue weighted by Crippen LogP contribution is -2.54. The van der Waals surface area contributed by atoms with Gasteiger partial charge in [-0.3, -0.25) is 29.4 Å². The highest BCUT2D eigenvalue weighted by molar-refractivity contribution is 6.25. The summed E-state index contributed by atoms with van der Waals surface area (Å²) in [4.78, 5) is 60.8. The summed E-state index contributed by atoms with van der Waals surface area (Å²) in [6.45, 7) is 0. The Bertz CT molecular complexity index is 907. The van der Waals surface area contributed by atoms with Crippen molar-refractivity contribution in [1.29, 1.82) is 0 Å². The number of hydrogen-bond donors (Lipinski definition) is 4. The number of amides is 5. The Kier molecular flexibility index (Phi) is 4.25. The number of piperidine rings is 1. The van der Waals surface area contributed by atoms with E-state index in [0.29, 0.717) is 18.5 Å². The monoisotopic (exact) mass is 386 g/mol. The summed E-state index contributed by atoms with van der Waals surface area (Å²) < 4.78 is 0. The van der Waals surface area contributed by atoms with Crippen molar-refractivity contribution in [3.05, 3.63) is 29.3 Å². The molecule has 146 valence electrons. The van der Waals surface area contributed by atoms with Crippen LogP contribution in [0, 0.1) is 0 Å². The Labute approximate surface area is 159 Å². The third-order valence-electron chi connectivity index (χ3n) is 5.29. The molecule has 4 N–H and O–H groups in total. The van der Waals surface area contributed by atoms with Crippen molar-refractivity contribution < 1.29 is 29.1 Å². The largest absolute Gasteiger partial charge is 0.465 e. The molecule has 0 spiro atoms. The first kappa shape index (κ1) is 18.0. The molecule has 1 aromatic rings. The van der Waals surface area contributed by atoms with Gasteiger partial charge in [0, 0.05) is 24.2 Å². The molecule has 3 aliphatic rings. The van der Waals surface area contributed by atoms with Crippen LogP contribution < -0.4 is 16.0 Å². The maximum absolute atomic E-state index is 13.0. The van der Waals surface area contributed by atoms with Gasteiger partial charge in [-0.1, -0.05) is 6.07 Å². The molecular formula is C18H18N4O6. The summed E-state index contributed by atoms with van der Waals surface area (Å²) >= 11 is 0. The van der Waals surface area contributed by atoms with Gasteiger partial charge in [0.05, 0.1) is 11.1 Å². The molecule has 10 heteroatoms. The second-order valence-electron chi connectivity index (χ2n) is 7.13. The fourth-order valence-corrected chi connectivity index (χ4v) is 3.88. The number of imide groups is 2. The normalized spacial score (nSPS) is 26.4. The van der Waals surface area contributed by atoms with E-state index in [1.807, 2.05) is 0 Å². The Balaban J connectivity index is 1.53. The SMILES string of the molecule is O=C(O)NC1CC(Nc2cccc3c2C(=O)N(C2CCC(=O)NC2=O)C3=O)C1. The summed E-state index contributed by atoms with van der Waals surface area (Å²) in [7, 11) is 0. The summed E-state index contributed by atoms with van der Waals surface area (Å²) in [5.41, 5.74) is 0.885. The van der Waals surface area contributed by atoms with E-state index in [2.05, 4.69) is 16.0 Å². The Hall–Kier alpha value is -3.43. The number of anilines is 1. The van der Waals surface area contributed by atoms with Crippen LogP contribution in [0.4, 0.5) is 10.5 Å². The molecule has 28 heavy (non-hydrogen) atoms. The fourth-order valence-electron chi connectivity index (χ4n) is 3.88. The van der Waals surface area contributed by atoms with E-state index in [0.717, 1.165) is 4.90 Å². The third kappa shape index (κ3) is 2.96. The quantitative estimate of drug-likeness (QED) is 0.545. The van der Waals surface area contributed by atoms with Crippen LogP contribution in [0.1, 0.15) is 46.4 Å². The first-order chi connectivity index (χ1) is 13.3. The average molecular weight is 386 g/mol. The molecule has 1 unspecified atom stereocenters. The van der Waals surface area contributed by atoms with Crippen molar-refractivity contribution in [2.75, 3.05) is 5.32 Å². The number of hydrogen-bond acceptors (Lipinski definition) is 6. The number of carbonyl (C=O) groups is 5. The molecule has 1 saturated carbocycles. The zero-order chi connectivity index (χ0) is 20.0. The van der Waals surface area contributed by atoms with E-state index in [1.165, 1.54) is 6.07 Å². The van der Waals surface area contributed by atoms with Gasteiger partial charge in [0.25, 0.3) is 11.8 Å². The first-order valence-corrected chi connectivity index (χ1v) is 8.95. The number of rotatable bonds is 4. The first-order valence-electron chi connectivity index (χ1n) is 8.95. The predicted molar refractivity (Wildman–Crippen MR) is 94.7 cm³/mol. The van der Waals surface area contributed by atoms with Crippen LogP contribution in [-0.4, -0.2) is 57.9 Å². The van der Waals surface area contributed by atoms with Crippen molar-refractivity contribution in [2.24, 2.45) is 0 Å². The number of carboxylic acid groups (broad SMARTS) is 1. The van der Waals surface area contributed by atoms with E-state index >= 15 is 0 Å². The lowest BCUT2D eigenvalue weighted by molar-refractivity contribution is -0.136. The van der Waals surface area contributed by atoms with Crippen LogP contribution in [0.25, 0.3) is 0 Å². The van der Waals surface area contributed by atoms with Gasteiger partial charge < -0.3 is 15.7 Å². The minimum atomic E-state index is -1.08. The highest BCUT2D eigenvalue weighted by Crippen LogP contribution is 2.34. The minimum Gasteiger partial charge on any atom is -0.465 e. The molecule has 1 aliphatic carbocycles. The lowest BCUT2D eigenvalue weighted by Gasteiger charge is -2.36. The van der Waals surface area contributed by atoms with E-state index in [4.69, 9.17) is 5.11 Å². The summed E-state index contributed by atoms with van der Waals surface area (Å²) in [5.74, 6) is -2.20. The van der Waals surface area contributed by atoms with Crippen molar-refractivity contribution in [3.63, 3.8) is 0 Å². The van der Waals surface area contributed by atoms with Gasteiger partial charge in [0.2, 0.25) is 11.8 Å². The Morgan fingerprint density at radius 1 is 1.11 bits per heavy atom. The number of carbonyl (C=O) groups excluding carboxylic acids is 4. The number of benzene rings is 1. The van der Waals surface area contributed by atoms with Gasteiger partial charge in [0.1, 0.15) is 6.04 Å². The Morgan fingerprint density at radius 2 is 1.86 bits per heavy atom. The topological polar surface area (TPSA) is 145 Å². The van der Waals surface area contributed by atoms with Crippen LogP contribution in [-0.2, 0) is 9.59 Å². The number of nitrogens with one attached hydrogen (secondary N) is 3. The maximum Gasteiger partial charge on any atom is 0.404 e. The van der Waals surface area contributed by atoms with Crippen molar-refractivity contribution in [3.8, 4) is 0 Å². The number of fused-ring (bicyclic) bond motifs is 1. The van der Waals surface area contributed by atoms with Crippen LogP contribution in [0.2, 0.25) is 0 Å². The zero-order valence-corrected chi connectivity index (χ0v) is 14.7. The van der Waals surface area contributed by atoms with Crippen molar-refractivity contribution in [2.45, 2.75) is 43.8 Å². The van der Waals surface area contributed by atoms with E-state index in [1.54, 1.807) is 12.1 Å². The molecular weight excluding hydrogens is 368 g/mol. The minimum absolute atomic E-state index is 0.0316. The third-order valence-corrected chi connectivity index (χ3v) is 5.29. The molecule has 1 saturated heterocycles.